The summed E-state index contributed by atoms with van der Waals surface area (Å²) in [6.07, 6.45) is -3.47. The van der Waals surface area contributed by atoms with Gasteiger partial charge in [0.15, 0.2) is 9.84 Å². The highest BCUT2D eigenvalue weighted by Gasteiger charge is 2.40. The Hall–Kier alpha value is -2.48. The number of hydrogen-bond donors (Lipinski definition) is 2. The number of nitrogens with two attached hydrogens (primary N) is 1. The van der Waals surface area contributed by atoms with Gasteiger partial charge in [0, 0.05) is 19.1 Å². The lowest BCUT2D eigenvalue weighted by molar-refractivity contribution is -0.192. The van der Waals surface area contributed by atoms with E-state index in [-0.39, 0.29) is 23.1 Å². The van der Waals surface area contributed by atoms with Crippen LogP contribution >= 0.6 is 0 Å². The van der Waals surface area contributed by atoms with Crippen molar-refractivity contribution in [3.63, 3.8) is 0 Å². The van der Waals surface area contributed by atoms with Crippen molar-refractivity contribution in [3.8, 4) is 0 Å². The molecule has 0 aromatic heterocycles. The zero-order valence-electron chi connectivity index (χ0n) is 18.1. The summed E-state index contributed by atoms with van der Waals surface area (Å²) < 4.78 is 83.4. The van der Waals surface area contributed by atoms with E-state index >= 15 is 0 Å². The van der Waals surface area contributed by atoms with E-state index in [2.05, 4.69) is 0 Å². The van der Waals surface area contributed by atoms with Gasteiger partial charge in [0.05, 0.1) is 16.9 Å². The maximum absolute atomic E-state index is 12.9. The lowest BCUT2D eigenvalue weighted by Crippen LogP contribution is -2.39. The molecule has 3 N–H and O–H groups in total. The zero-order chi connectivity index (χ0) is 25.7. The Kier molecular flexibility index (Phi) is 8.86. The summed E-state index contributed by atoms with van der Waals surface area (Å²) in [6, 6.07) is 15.5. The van der Waals surface area contributed by atoms with E-state index in [1.165, 1.54) is 10.4 Å². The van der Waals surface area contributed by atoms with Gasteiger partial charge in [-0.05, 0) is 35.6 Å². The van der Waals surface area contributed by atoms with Crippen LogP contribution in [0, 0.1) is 0 Å². The average Bonchev–Trinajstić information content (AvgIpc) is 3.18. The minimum atomic E-state index is -5.08. The van der Waals surface area contributed by atoms with Crippen LogP contribution in [-0.4, -0.2) is 63.0 Å². The van der Waals surface area contributed by atoms with Crippen LogP contribution in [0.15, 0.2) is 59.5 Å². The van der Waals surface area contributed by atoms with Crippen LogP contribution in [0.1, 0.15) is 23.5 Å². The summed E-state index contributed by atoms with van der Waals surface area (Å²) in [5.74, 6) is -3.01. The molecular formula is C21H25F3N2O6S2. The van der Waals surface area contributed by atoms with Crippen LogP contribution in [0.4, 0.5) is 13.2 Å². The number of hydrogen-bond acceptors (Lipinski definition) is 6. The molecule has 3 rings (SSSR count). The van der Waals surface area contributed by atoms with Gasteiger partial charge >= 0.3 is 12.1 Å². The Morgan fingerprint density at radius 3 is 2.18 bits per heavy atom. The summed E-state index contributed by atoms with van der Waals surface area (Å²) in [6.45, 7) is 0.546. The Bertz CT molecular complexity index is 1200. The Balaban J connectivity index is 0.000000509. The highest BCUT2D eigenvalue weighted by molar-refractivity contribution is 7.91. The van der Waals surface area contributed by atoms with Crippen LogP contribution in [0.3, 0.4) is 0 Å². The minimum absolute atomic E-state index is 0.0171. The second-order valence-corrected chi connectivity index (χ2v) is 11.7. The molecule has 0 bridgehead atoms. The van der Waals surface area contributed by atoms with E-state index in [9.17, 15) is 30.0 Å². The largest absolute Gasteiger partial charge is 0.490 e. The highest BCUT2D eigenvalue weighted by Crippen LogP contribution is 2.34. The molecule has 34 heavy (non-hydrogen) atoms. The van der Waals surface area contributed by atoms with E-state index in [0.29, 0.717) is 13.0 Å². The minimum Gasteiger partial charge on any atom is -0.475 e. The quantitative estimate of drug-likeness (QED) is 0.595. The first-order valence-electron chi connectivity index (χ1n) is 9.98. The fourth-order valence-corrected chi connectivity index (χ4v) is 6.51. The highest BCUT2D eigenvalue weighted by atomic mass is 32.2. The third-order valence-electron chi connectivity index (χ3n) is 5.21. The van der Waals surface area contributed by atoms with E-state index in [0.717, 1.165) is 17.4 Å². The maximum atomic E-state index is 12.9. The van der Waals surface area contributed by atoms with Crippen molar-refractivity contribution in [2.75, 3.05) is 18.6 Å². The number of rotatable bonds is 6. The smallest absolute Gasteiger partial charge is 0.475 e. The van der Waals surface area contributed by atoms with Crippen molar-refractivity contribution in [2.24, 2.45) is 5.73 Å². The Labute approximate surface area is 196 Å². The van der Waals surface area contributed by atoms with Gasteiger partial charge in [0.1, 0.15) is 0 Å². The molecule has 0 aliphatic carbocycles. The maximum Gasteiger partial charge on any atom is 0.490 e. The van der Waals surface area contributed by atoms with Crippen molar-refractivity contribution >= 4 is 25.8 Å². The van der Waals surface area contributed by atoms with Crippen molar-refractivity contribution < 1.29 is 39.9 Å². The number of alkyl halides is 3. The first-order valence-corrected chi connectivity index (χ1v) is 13.5. The van der Waals surface area contributed by atoms with Gasteiger partial charge in [-0.25, -0.2) is 21.6 Å². The number of carboxylic acids is 1. The molecule has 2 atom stereocenters. The van der Waals surface area contributed by atoms with Crippen molar-refractivity contribution in [1.82, 2.24) is 4.31 Å². The molecule has 1 aliphatic rings. The molecule has 1 heterocycles. The van der Waals surface area contributed by atoms with Crippen LogP contribution in [-0.2, 0) is 31.2 Å². The average molecular weight is 523 g/mol. The van der Waals surface area contributed by atoms with Crippen LogP contribution in [0.2, 0.25) is 0 Å². The van der Waals surface area contributed by atoms with Crippen molar-refractivity contribution in [3.05, 3.63) is 65.7 Å². The fourth-order valence-electron chi connectivity index (χ4n) is 3.63. The lowest BCUT2D eigenvalue weighted by atomic mass is 9.97. The first kappa shape index (κ1) is 27.8. The van der Waals surface area contributed by atoms with Crippen molar-refractivity contribution in [1.29, 1.82) is 0 Å². The SMILES string of the molecule is CS(=O)(=O)N1C[C@@H](c2ccccc2)C[C@H]1CS(=O)(=O)c1cccc(CN)c1.O=C(O)C(F)(F)F. The topological polar surface area (TPSA) is 135 Å². The standard InChI is InChI=1S/C19H24N2O4S2.C2HF3O2/c1-26(22,23)21-13-17(16-7-3-2-4-8-16)11-18(21)14-27(24,25)19-9-5-6-15(10-19)12-20;3-2(4,5)1(6)7/h2-10,17-18H,11-14,20H2,1H3;(H,6,7)/t17-,18-;/m0./s1. The second kappa shape index (κ2) is 10.8. The number of sulfone groups is 1. The van der Waals surface area contributed by atoms with E-state index in [4.69, 9.17) is 15.6 Å². The van der Waals surface area contributed by atoms with E-state index in [1.54, 1.807) is 18.2 Å². The molecule has 0 spiro atoms. The normalized spacial score (nSPS) is 19.3. The monoisotopic (exact) mass is 522 g/mol. The predicted octanol–water partition coefficient (Wildman–Crippen LogP) is 2.37. The number of sulfonamides is 1. The second-order valence-electron chi connectivity index (χ2n) is 7.77. The summed E-state index contributed by atoms with van der Waals surface area (Å²) in [5, 5.41) is 7.12. The van der Waals surface area contributed by atoms with Gasteiger partial charge in [-0.15, -0.1) is 0 Å². The molecule has 2 aromatic carbocycles. The number of benzene rings is 2. The fraction of sp³-hybridized carbons (Fsp3) is 0.381. The van der Waals surface area contributed by atoms with Crippen LogP contribution in [0.5, 0.6) is 0 Å². The predicted molar refractivity (Wildman–Crippen MR) is 119 cm³/mol. The summed E-state index contributed by atoms with van der Waals surface area (Å²) in [7, 11) is -7.15. The van der Waals surface area contributed by atoms with Crippen molar-refractivity contribution in [2.45, 2.75) is 36.0 Å². The Morgan fingerprint density at radius 1 is 1.09 bits per heavy atom. The van der Waals surface area contributed by atoms with Gasteiger partial charge in [-0.3, -0.25) is 0 Å². The third-order valence-corrected chi connectivity index (χ3v) is 8.30. The lowest BCUT2D eigenvalue weighted by Gasteiger charge is -2.22. The summed E-state index contributed by atoms with van der Waals surface area (Å²) in [4.78, 5) is 9.08. The molecule has 0 amide bonds. The molecule has 13 heteroatoms. The zero-order valence-corrected chi connectivity index (χ0v) is 19.8. The molecule has 8 nitrogen and oxygen atoms in total. The van der Waals surface area contributed by atoms with Crippen LogP contribution in [0.25, 0.3) is 0 Å². The van der Waals surface area contributed by atoms with Gasteiger partial charge in [-0.2, -0.15) is 17.5 Å². The van der Waals surface area contributed by atoms with Gasteiger partial charge in [0.2, 0.25) is 10.0 Å². The molecule has 1 saturated heterocycles. The number of carbonyl (C=O) groups is 1. The molecule has 2 aromatic rings. The molecule has 0 radical (unpaired) electrons. The van der Waals surface area contributed by atoms with Gasteiger partial charge in [0.25, 0.3) is 0 Å². The van der Waals surface area contributed by atoms with E-state index in [1.807, 2.05) is 30.3 Å². The molecule has 0 unspecified atom stereocenters. The summed E-state index contributed by atoms with van der Waals surface area (Å²) in [5.41, 5.74) is 7.36. The summed E-state index contributed by atoms with van der Waals surface area (Å²) >= 11 is 0. The number of aliphatic carboxylic acids is 1. The number of nitrogens with zero attached hydrogens (tertiary/aromatic N) is 1. The molecule has 1 fully saturated rings. The molecule has 0 saturated carbocycles. The Morgan fingerprint density at radius 2 is 1.68 bits per heavy atom. The molecule has 188 valence electrons. The first-order chi connectivity index (χ1) is 15.6. The third kappa shape index (κ3) is 7.52. The molecular weight excluding hydrogens is 497 g/mol. The number of halogens is 3. The van der Waals surface area contributed by atoms with Gasteiger partial charge in [-0.1, -0.05) is 42.5 Å². The van der Waals surface area contributed by atoms with E-state index < -0.39 is 38.0 Å². The van der Waals surface area contributed by atoms with Gasteiger partial charge < -0.3 is 10.8 Å². The molecule has 1 aliphatic heterocycles. The van der Waals surface area contributed by atoms with Crippen LogP contribution < -0.4 is 5.73 Å². The number of carboxylic acid groups (broad SMARTS) is 1.